The standard InChI is InChI=1S/C11H16N4S/c1-3-16-5-4-9(2)15-11-8-13-10(6-12)7-14-11/h7-9H,3-5H2,1-2H3,(H,14,15). The van der Waals surface area contributed by atoms with Crippen molar-refractivity contribution in [1.29, 1.82) is 5.26 Å². The SMILES string of the molecule is CCSCCC(C)Nc1cnc(C#N)cn1. The monoisotopic (exact) mass is 236 g/mol. The number of nitrogens with one attached hydrogen (secondary N) is 1. The Morgan fingerprint density at radius 3 is 2.88 bits per heavy atom. The van der Waals surface area contributed by atoms with Gasteiger partial charge in [-0.25, -0.2) is 9.97 Å². The van der Waals surface area contributed by atoms with E-state index in [2.05, 4.69) is 29.1 Å². The quantitative estimate of drug-likeness (QED) is 0.768. The third-order valence-corrected chi connectivity index (χ3v) is 2.99. The Balaban J connectivity index is 2.38. The lowest BCUT2D eigenvalue weighted by Gasteiger charge is -2.13. The van der Waals surface area contributed by atoms with Crippen molar-refractivity contribution in [2.24, 2.45) is 0 Å². The molecule has 0 saturated carbocycles. The number of thioether (sulfide) groups is 1. The van der Waals surface area contributed by atoms with Crippen LogP contribution in [-0.2, 0) is 0 Å². The van der Waals surface area contributed by atoms with Gasteiger partial charge in [-0.3, -0.25) is 0 Å². The topological polar surface area (TPSA) is 61.6 Å². The number of hydrogen-bond donors (Lipinski definition) is 1. The van der Waals surface area contributed by atoms with Crippen LogP contribution in [0.5, 0.6) is 0 Å². The Hall–Kier alpha value is -1.28. The second kappa shape index (κ2) is 7.07. The number of anilines is 1. The normalized spacial score (nSPS) is 11.8. The fraction of sp³-hybridized carbons (Fsp3) is 0.545. The van der Waals surface area contributed by atoms with Gasteiger partial charge in [0.25, 0.3) is 0 Å². The molecule has 1 unspecified atom stereocenters. The van der Waals surface area contributed by atoms with Crippen LogP contribution in [0, 0.1) is 11.3 Å². The largest absolute Gasteiger partial charge is 0.366 e. The Labute approximate surface area is 100 Å². The average Bonchev–Trinajstić information content (AvgIpc) is 2.30. The minimum absolute atomic E-state index is 0.347. The molecule has 1 aromatic rings. The summed E-state index contributed by atoms with van der Waals surface area (Å²) in [7, 11) is 0. The summed E-state index contributed by atoms with van der Waals surface area (Å²) in [4.78, 5) is 8.07. The molecule has 1 heterocycles. The van der Waals surface area contributed by atoms with Crippen LogP contribution in [0.4, 0.5) is 5.82 Å². The number of rotatable bonds is 6. The van der Waals surface area contributed by atoms with Crippen LogP contribution < -0.4 is 5.32 Å². The van der Waals surface area contributed by atoms with E-state index < -0.39 is 0 Å². The molecule has 0 radical (unpaired) electrons. The Morgan fingerprint density at radius 1 is 1.50 bits per heavy atom. The van der Waals surface area contributed by atoms with Crippen molar-refractivity contribution >= 4 is 17.6 Å². The molecule has 0 aliphatic heterocycles. The number of nitriles is 1. The van der Waals surface area contributed by atoms with E-state index in [9.17, 15) is 0 Å². The minimum atomic E-state index is 0.347. The van der Waals surface area contributed by atoms with Crippen molar-refractivity contribution in [3.63, 3.8) is 0 Å². The van der Waals surface area contributed by atoms with Crippen molar-refractivity contribution in [3.05, 3.63) is 18.1 Å². The highest BCUT2D eigenvalue weighted by Crippen LogP contribution is 2.08. The zero-order valence-electron chi connectivity index (χ0n) is 9.60. The first-order chi connectivity index (χ1) is 7.76. The van der Waals surface area contributed by atoms with Gasteiger partial charge in [0, 0.05) is 6.04 Å². The summed E-state index contributed by atoms with van der Waals surface area (Å²) >= 11 is 1.93. The van der Waals surface area contributed by atoms with Crippen molar-refractivity contribution in [1.82, 2.24) is 9.97 Å². The van der Waals surface area contributed by atoms with E-state index in [0.29, 0.717) is 11.7 Å². The molecule has 16 heavy (non-hydrogen) atoms. The smallest absolute Gasteiger partial charge is 0.158 e. The molecule has 0 bridgehead atoms. The molecule has 0 saturated heterocycles. The molecule has 0 amide bonds. The highest BCUT2D eigenvalue weighted by molar-refractivity contribution is 7.99. The first-order valence-electron chi connectivity index (χ1n) is 5.32. The van der Waals surface area contributed by atoms with Gasteiger partial charge in [0.1, 0.15) is 11.9 Å². The van der Waals surface area contributed by atoms with Gasteiger partial charge in [-0.2, -0.15) is 17.0 Å². The van der Waals surface area contributed by atoms with Crippen molar-refractivity contribution in [2.45, 2.75) is 26.3 Å². The van der Waals surface area contributed by atoms with Crippen molar-refractivity contribution in [3.8, 4) is 6.07 Å². The van der Waals surface area contributed by atoms with E-state index in [4.69, 9.17) is 5.26 Å². The third kappa shape index (κ3) is 4.49. The van der Waals surface area contributed by atoms with Gasteiger partial charge in [-0.05, 0) is 24.9 Å². The zero-order valence-corrected chi connectivity index (χ0v) is 10.4. The lowest BCUT2D eigenvalue weighted by molar-refractivity contribution is 0.765. The molecule has 86 valence electrons. The van der Waals surface area contributed by atoms with Gasteiger partial charge in [-0.1, -0.05) is 6.92 Å². The maximum Gasteiger partial charge on any atom is 0.158 e. The predicted octanol–water partition coefficient (Wildman–Crippen LogP) is 2.29. The molecule has 0 aliphatic carbocycles. The van der Waals surface area contributed by atoms with Crippen LogP contribution >= 0.6 is 11.8 Å². The highest BCUT2D eigenvalue weighted by Gasteiger charge is 2.03. The molecule has 5 heteroatoms. The van der Waals surface area contributed by atoms with Gasteiger partial charge < -0.3 is 5.32 Å². The molecule has 1 N–H and O–H groups in total. The summed E-state index contributed by atoms with van der Waals surface area (Å²) in [6.45, 7) is 4.28. The molecule has 1 atom stereocenters. The number of aromatic nitrogens is 2. The Morgan fingerprint density at radius 2 is 2.31 bits per heavy atom. The maximum absolute atomic E-state index is 8.58. The van der Waals surface area contributed by atoms with E-state index in [1.165, 1.54) is 6.20 Å². The maximum atomic E-state index is 8.58. The second-order valence-corrected chi connectivity index (χ2v) is 4.82. The molecule has 1 rings (SSSR count). The van der Waals surface area contributed by atoms with E-state index in [-0.39, 0.29) is 0 Å². The predicted molar refractivity (Wildman–Crippen MR) is 67.4 cm³/mol. The van der Waals surface area contributed by atoms with Gasteiger partial charge in [0.15, 0.2) is 5.69 Å². The summed E-state index contributed by atoms with van der Waals surface area (Å²) in [5.41, 5.74) is 0.347. The van der Waals surface area contributed by atoms with Gasteiger partial charge in [-0.15, -0.1) is 0 Å². The molecule has 4 nitrogen and oxygen atoms in total. The van der Waals surface area contributed by atoms with Crippen LogP contribution in [0.25, 0.3) is 0 Å². The van der Waals surface area contributed by atoms with Crippen molar-refractivity contribution < 1.29 is 0 Å². The van der Waals surface area contributed by atoms with Crippen LogP contribution in [0.2, 0.25) is 0 Å². The van der Waals surface area contributed by atoms with Crippen molar-refractivity contribution in [2.75, 3.05) is 16.8 Å². The average molecular weight is 236 g/mol. The third-order valence-electron chi connectivity index (χ3n) is 2.06. The zero-order chi connectivity index (χ0) is 11.8. The molecule has 1 aromatic heterocycles. The first-order valence-corrected chi connectivity index (χ1v) is 6.48. The molecule has 0 spiro atoms. The summed E-state index contributed by atoms with van der Waals surface area (Å²) in [6, 6.07) is 2.32. The summed E-state index contributed by atoms with van der Waals surface area (Å²) < 4.78 is 0. The summed E-state index contributed by atoms with van der Waals surface area (Å²) in [6.07, 6.45) is 4.18. The molecular formula is C11H16N4S. The second-order valence-electron chi connectivity index (χ2n) is 3.43. The van der Waals surface area contributed by atoms with Gasteiger partial charge in [0.2, 0.25) is 0 Å². The van der Waals surface area contributed by atoms with Crippen LogP contribution in [0.15, 0.2) is 12.4 Å². The fourth-order valence-electron chi connectivity index (χ4n) is 1.19. The lowest BCUT2D eigenvalue weighted by Crippen LogP contribution is -2.17. The molecule has 0 aromatic carbocycles. The van der Waals surface area contributed by atoms with Crippen LogP contribution in [0.1, 0.15) is 26.0 Å². The summed E-state index contributed by atoms with van der Waals surface area (Å²) in [5.74, 6) is 3.03. The highest BCUT2D eigenvalue weighted by atomic mass is 32.2. The first kappa shape index (κ1) is 12.8. The molecule has 0 aliphatic rings. The minimum Gasteiger partial charge on any atom is -0.366 e. The van der Waals surface area contributed by atoms with E-state index >= 15 is 0 Å². The fourth-order valence-corrected chi connectivity index (χ4v) is 2.00. The van der Waals surface area contributed by atoms with Gasteiger partial charge >= 0.3 is 0 Å². The number of hydrogen-bond acceptors (Lipinski definition) is 5. The Bertz CT molecular complexity index is 344. The lowest BCUT2D eigenvalue weighted by atomic mass is 10.2. The molecule has 0 fully saturated rings. The van der Waals surface area contributed by atoms with E-state index in [1.807, 2.05) is 17.8 Å². The van der Waals surface area contributed by atoms with E-state index in [0.717, 1.165) is 23.7 Å². The molecular weight excluding hydrogens is 220 g/mol. The Kier molecular flexibility index (Phi) is 5.65. The summed E-state index contributed by atoms with van der Waals surface area (Å²) in [5, 5.41) is 11.8. The van der Waals surface area contributed by atoms with Gasteiger partial charge in [0.05, 0.1) is 12.4 Å². The van der Waals surface area contributed by atoms with Crippen LogP contribution in [-0.4, -0.2) is 27.5 Å². The van der Waals surface area contributed by atoms with Crippen LogP contribution in [0.3, 0.4) is 0 Å². The van der Waals surface area contributed by atoms with E-state index in [1.54, 1.807) is 6.20 Å². The number of nitrogens with zero attached hydrogens (tertiary/aromatic N) is 3.